The summed E-state index contributed by atoms with van der Waals surface area (Å²) in [6.45, 7) is 2.06. The predicted molar refractivity (Wildman–Crippen MR) is 76.9 cm³/mol. The van der Waals surface area contributed by atoms with Crippen LogP contribution in [0.2, 0.25) is 5.02 Å². The van der Waals surface area contributed by atoms with E-state index in [0.717, 1.165) is 40.9 Å². The van der Waals surface area contributed by atoms with Crippen LogP contribution >= 0.6 is 35.6 Å². The highest BCUT2D eigenvalue weighted by Crippen LogP contribution is 2.27. The summed E-state index contributed by atoms with van der Waals surface area (Å²) >= 11 is 13.1. The van der Waals surface area contributed by atoms with E-state index in [1.54, 1.807) is 0 Å². The van der Waals surface area contributed by atoms with Crippen molar-refractivity contribution in [1.82, 2.24) is 0 Å². The Balaban J connectivity index is 2.36. The average molecular weight is 273 g/mol. The van der Waals surface area contributed by atoms with Gasteiger partial charge in [-0.2, -0.15) is 11.8 Å². The van der Waals surface area contributed by atoms with Crippen LogP contribution in [-0.4, -0.2) is 29.6 Å². The molecule has 16 heavy (non-hydrogen) atoms. The van der Waals surface area contributed by atoms with Gasteiger partial charge in [-0.15, -0.1) is 0 Å². The number of nitrogens with two attached hydrogens (primary N) is 1. The highest BCUT2D eigenvalue weighted by Gasteiger charge is 2.16. The lowest BCUT2D eigenvalue weighted by molar-refractivity contribution is 0.858. The van der Waals surface area contributed by atoms with Gasteiger partial charge < -0.3 is 10.6 Å². The van der Waals surface area contributed by atoms with Crippen molar-refractivity contribution in [2.75, 3.05) is 29.5 Å². The van der Waals surface area contributed by atoms with Gasteiger partial charge in [-0.3, -0.25) is 0 Å². The van der Waals surface area contributed by atoms with Crippen molar-refractivity contribution in [3.05, 3.63) is 28.8 Å². The lowest BCUT2D eigenvalue weighted by Gasteiger charge is -2.30. The molecule has 2 N–H and O–H groups in total. The molecule has 0 aliphatic carbocycles. The van der Waals surface area contributed by atoms with Crippen molar-refractivity contribution in [1.29, 1.82) is 0 Å². The van der Waals surface area contributed by atoms with Crippen molar-refractivity contribution in [2.24, 2.45) is 5.73 Å². The molecule has 0 unspecified atom stereocenters. The first-order valence-corrected chi connectivity index (χ1v) is 7.04. The first-order chi connectivity index (χ1) is 7.68. The SMILES string of the molecule is NC(=S)c1ccc(Cl)cc1N1CCSCC1. The molecule has 1 fully saturated rings. The van der Waals surface area contributed by atoms with Gasteiger partial charge in [0, 0.05) is 40.9 Å². The lowest BCUT2D eigenvalue weighted by Crippen LogP contribution is -2.34. The van der Waals surface area contributed by atoms with E-state index < -0.39 is 0 Å². The number of nitrogens with zero attached hydrogens (tertiary/aromatic N) is 1. The maximum Gasteiger partial charge on any atom is 0.106 e. The lowest BCUT2D eigenvalue weighted by atomic mass is 10.1. The third kappa shape index (κ3) is 2.62. The zero-order chi connectivity index (χ0) is 11.5. The Morgan fingerprint density at radius 3 is 2.69 bits per heavy atom. The summed E-state index contributed by atoms with van der Waals surface area (Å²) in [5, 5.41) is 0.730. The molecule has 0 spiro atoms. The summed E-state index contributed by atoms with van der Waals surface area (Å²) in [5.74, 6) is 2.28. The predicted octanol–water partition coefficient (Wildman–Crippen LogP) is 2.53. The fourth-order valence-corrected chi connectivity index (χ4v) is 3.02. The summed E-state index contributed by atoms with van der Waals surface area (Å²) in [6.07, 6.45) is 0. The normalized spacial score (nSPS) is 16.2. The molecule has 1 aromatic rings. The number of halogens is 1. The Hall–Kier alpha value is -0.450. The van der Waals surface area contributed by atoms with Crippen LogP contribution in [0.15, 0.2) is 18.2 Å². The number of hydrogen-bond donors (Lipinski definition) is 1. The van der Waals surface area contributed by atoms with E-state index in [1.807, 2.05) is 30.0 Å². The van der Waals surface area contributed by atoms with Crippen LogP contribution in [0.4, 0.5) is 5.69 Å². The van der Waals surface area contributed by atoms with E-state index in [2.05, 4.69) is 4.90 Å². The minimum atomic E-state index is 0.435. The zero-order valence-corrected chi connectivity index (χ0v) is 11.2. The maximum atomic E-state index is 6.02. The second-order valence-corrected chi connectivity index (χ2v) is 5.73. The molecule has 0 radical (unpaired) electrons. The minimum Gasteiger partial charge on any atom is -0.389 e. The number of rotatable bonds is 2. The second-order valence-electron chi connectivity index (χ2n) is 3.63. The van der Waals surface area contributed by atoms with E-state index in [9.17, 15) is 0 Å². The smallest absolute Gasteiger partial charge is 0.106 e. The standard InChI is InChI=1S/C11H13ClN2S2/c12-8-1-2-9(11(13)15)10(7-8)14-3-5-16-6-4-14/h1-2,7H,3-6H2,(H2,13,15). The quantitative estimate of drug-likeness (QED) is 0.838. The van der Waals surface area contributed by atoms with E-state index in [4.69, 9.17) is 29.6 Å². The summed E-state index contributed by atoms with van der Waals surface area (Å²) in [4.78, 5) is 2.74. The number of thioether (sulfide) groups is 1. The zero-order valence-electron chi connectivity index (χ0n) is 8.78. The van der Waals surface area contributed by atoms with Crippen LogP contribution in [0, 0.1) is 0 Å². The van der Waals surface area contributed by atoms with Gasteiger partial charge in [-0.1, -0.05) is 23.8 Å². The van der Waals surface area contributed by atoms with Gasteiger partial charge in [-0.05, 0) is 18.2 Å². The molecule has 5 heteroatoms. The first kappa shape index (κ1) is 12.0. The van der Waals surface area contributed by atoms with Crippen LogP contribution < -0.4 is 10.6 Å². The number of hydrogen-bond acceptors (Lipinski definition) is 3. The highest BCUT2D eigenvalue weighted by molar-refractivity contribution is 7.99. The van der Waals surface area contributed by atoms with Gasteiger partial charge in [0.2, 0.25) is 0 Å². The van der Waals surface area contributed by atoms with Crippen molar-refractivity contribution >= 4 is 46.3 Å². The number of thiocarbonyl (C=S) groups is 1. The molecule has 1 saturated heterocycles. The monoisotopic (exact) mass is 272 g/mol. The fourth-order valence-electron chi connectivity index (χ4n) is 1.78. The van der Waals surface area contributed by atoms with Gasteiger partial charge >= 0.3 is 0 Å². The van der Waals surface area contributed by atoms with Crippen molar-refractivity contribution in [3.8, 4) is 0 Å². The van der Waals surface area contributed by atoms with Gasteiger partial charge in [0.05, 0.1) is 0 Å². The van der Waals surface area contributed by atoms with Crippen LogP contribution in [0.5, 0.6) is 0 Å². The third-order valence-corrected chi connectivity index (χ3v) is 3.97. The Morgan fingerprint density at radius 1 is 1.38 bits per heavy atom. The average Bonchev–Trinajstić information content (AvgIpc) is 2.29. The van der Waals surface area contributed by atoms with Crippen molar-refractivity contribution in [2.45, 2.75) is 0 Å². The Morgan fingerprint density at radius 2 is 2.06 bits per heavy atom. The molecular weight excluding hydrogens is 260 g/mol. The van der Waals surface area contributed by atoms with Crippen LogP contribution in [0.3, 0.4) is 0 Å². The second kappa shape index (κ2) is 5.25. The first-order valence-electron chi connectivity index (χ1n) is 5.10. The molecule has 1 heterocycles. The largest absolute Gasteiger partial charge is 0.389 e. The highest BCUT2D eigenvalue weighted by atomic mass is 35.5. The topological polar surface area (TPSA) is 29.3 Å². The molecule has 1 aliphatic rings. The molecule has 1 aromatic carbocycles. The molecule has 0 saturated carbocycles. The van der Waals surface area contributed by atoms with Crippen molar-refractivity contribution in [3.63, 3.8) is 0 Å². The molecule has 1 aliphatic heterocycles. The molecule has 0 bridgehead atoms. The van der Waals surface area contributed by atoms with Gasteiger partial charge in [0.25, 0.3) is 0 Å². The van der Waals surface area contributed by atoms with E-state index in [1.165, 1.54) is 0 Å². The Bertz CT molecular complexity index is 403. The molecule has 0 atom stereocenters. The van der Waals surface area contributed by atoms with E-state index in [-0.39, 0.29) is 0 Å². The molecule has 0 amide bonds. The summed E-state index contributed by atoms with van der Waals surface area (Å²) in [7, 11) is 0. The molecular formula is C11H13ClN2S2. The van der Waals surface area contributed by atoms with Crippen molar-refractivity contribution < 1.29 is 0 Å². The summed E-state index contributed by atoms with van der Waals surface area (Å²) < 4.78 is 0. The summed E-state index contributed by atoms with van der Waals surface area (Å²) in [6, 6.07) is 5.69. The number of benzene rings is 1. The van der Waals surface area contributed by atoms with Crippen LogP contribution in [-0.2, 0) is 0 Å². The van der Waals surface area contributed by atoms with E-state index >= 15 is 0 Å². The minimum absolute atomic E-state index is 0.435. The molecule has 2 nitrogen and oxygen atoms in total. The Labute approximate surface area is 110 Å². The molecule has 86 valence electrons. The van der Waals surface area contributed by atoms with Crippen LogP contribution in [0.25, 0.3) is 0 Å². The molecule has 2 rings (SSSR count). The van der Waals surface area contributed by atoms with Gasteiger partial charge in [-0.25, -0.2) is 0 Å². The summed E-state index contributed by atoms with van der Waals surface area (Å²) in [5.41, 5.74) is 7.72. The van der Waals surface area contributed by atoms with Gasteiger partial charge in [0.1, 0.15) is 4.99 Å². The Kier molecular flexibility index (Phi) is 3.95. The molecule has 0 aromatic heterocycles. The van der Waals surface area contributed by atoms with Crippen LogP contribution in [0.1, 0.15) is 5.56 Å². The fraction of sp³-hybridized carbons (Fsp3) is 0.364. The maximum absolute atomic E-state index is 6.02. The third-order valence-electron chi connectivity index (χ3n) is 2.58. The van der Waals surface area contributed by atoms with Gasteiger partial charge in [0.15, 0.2) is 0 Å². The number of anilines is 1. The van der Waals surface area contributed by atoms with E-state index in [0.29, 0.717) is 4.99 Å².